The molecule has 41 heavy (non-hydrogen) atoms. The van der Waals surface area contributed by atoms with Gasteiger partial charge >= 0.3 is 0 Å². The number of aromatic amines is 2. The summed E-state index contributed by atoms with van der Waals surface area (Å²) >= 11 is 0. The first kappa shape index (κ1) is 28.3. The maximum Gasteiger partial charge on any atom is 0.272 e. The van der Waals surface area contributed by atoms with Gasteiger partial charge in [0.15, 0.2) is 0 Å². The van der Waals surface area contributed by atoms with Gasteiger partial charge in [0.05, 0.1) is 12.0 Å². The van der Waals surface area contributed by atoms with Crippen LogP contribution < -0.4 is 31.9 Å². The molecule has 0 atom stereocenters. The first-order valence-corrected chi connectivity index (χ1v) is 13.9. The van der Waals surface area contributed by atoms with E-state index < -0.39 is 11.1 Å². The zero-order valence-electron chi connectivity index (χ0n) is 23.3. The molecule has 3 heterocycles. The van der Waals surface area contributed by atoms with Crippen LogP contribution in [0.5, 0.6) is 11.5 Å². The third-order valence-electron chi connectivity index (χ3n) is 7.02. The number of imidazole rings is 1. The van der Waals surface area contributed by atoms with Gasteiger partial charge in [-0.1, -0.05) is 26.0 Å². The van der Waals surface area contributed by atoms with Crippen molar-refractivity contribution in [1.29, 1.82) is 0 Å². The van der Waals surface area contributed by atoms with Crippen LogP contribution in [0, 0.1) is 5.82 Å². The topological polar surface area (TPSA) is 108 Å². The summed E-state index contributed by atoms with van der Waals surface area (Å²) in [7, 11) is 0. The van der Waals surface area contributed by atoms with Crippen LogP contribution in [0.2, 0.25) is 0 Å². The number of hydrogen-bond acceptors (Lipinski definition) is 6. The average molecular weight is 559 g/mol. The van der Waals surface area contributed by atoms with E-state index >= 15 is 0 Å². The molecule has 0 aliphatic carbocycles. The summed E-state index contributed by atoms with van der Waals surface area (Å²) in [5.74, 6) is 0.834. The lowest BCUT2D eigenvalue weighted by molar-refractivity contribution is 0.234. The molecular weight excluding hydrogens is 523 g/mol. The van der Waals surface area contributed by atoms with Crippen molar-refractivity contribution in [3.8, 4) is 11.5 Å². The Bertz CT molecular complexity index is 1720. The molecule has 4 aromatic rings. The molecule has 1 saturated heterocycles. The number of rotatable bonds is 9. The van der Waals surface area contributed by atoms with Crippen LogP contribution in [0.1, 0.15) is 43.1 Å². The van der Waals surface area contributed by atoms with Crippen LogP contribution in [-0.2, 0) is 6.54 Å². The molecule has 3 N–H and O–H groups in total. The van der Waals surface area contributed by atoms with Crippen molar-refractivity contribution in [3.63, 3.8) is 0 Å². The van der Waals surface area contributed by atoms with E-state index in [2.05, 4.69) is 43.6 Å². The lowest BCUT2D eigenvalue weighted by Crippen LogP contribution is -2.46. The highest BCUT2D eigenvalue weighted by Crippen LogP contribution is 2.23. The number of benzene rings is 2. The molecule has 1 aliphatic heterocycles. The van der Waals surface area contributed by atoms with Gasteiger partial charge in [0.25, 0.3) is 11.1 Å². The van der Waals surface area contributed by atoms with E-state index in [4.69, 9.17) is 4.74 Å². The molecule has 214 valence electrons. The first-order chi connectivity index (χ1) is 19.9. The van der Waals surface area contributed by atoms with Crippen molar-refractivity contribution in [3.05, 3.63) is 109 Å². The van der Waals surface area contributed by atoms with Gasteiger partial charge in [-0.2, -0.15) is 0 Å². The van der Waals surface area contributed by atoms with Crippen LogP contribution in [0.15, 0.2) is 64.4 Å². The number of hydrogen-bond donors (Lipinski definition) is 3. The quantitative estimate of drug-likeness (QED) is 0.291. The molecule has 9 nitrogen and oxygen atoms in total. The Labute approximate surface area is 237 Å². The van der Waals surface area contributed by atoms with Crippen LogP contribution in [-0.4, -0.2) is 57.1 Å². The highest BCUT2D eigenvalue weighted by molar-refractivity contribution is 5.51. The minimum atomic E-state index is -0.428. The molecule has 1 fully saturated rings. The van der Waals surface area contributed by atoms with Gasteiger partial charge in [0.1, 0.15) is 28.0 Å². The number of nitrogens with zero attached hydrogens (tertiary/aromatic N) is 3. The van der Waals surface area contributed by atoms with Crippen molar-refractivity contribution in [2.24, 2.45) is 0 Å². The normalized spacial score (nSPS) is 15.1. The zero-order valence-corrected chi connectivity index (χ0v) is 23.3. The SMILES string of the molecule is CC(C)c1c(/C=c2\[nH]c(=O)/c(=C/c3cccc(Oc4ccc(F)cc4)c3)[nH]c2=O)ncn1CCCN1CCNCC1. The second-order valence-corrected chi connectivity index (χ2v) is 10.5. The van der Waals surface area contributed by atoms with Gasteiger partial charge in [0.2, 0.25) is 0 Å². The fourth-order valence-corrected chi connectivity index (χ4v) is 5.03. The molecule has 5 rings (SSSR count). The summed E-state index contributed by atoms with van der Waals surface area (Å²) in [6.45, 7) is 10.3. The predicted molar refractivity (Wildman–Crippen MR) is 157 cm³/mol. The van der Waals surface area contributed by atoms with E-state index in [0.29, 0.717) is 22.8 Å². The summed E-state index contributed by atoms with van der Waals surface area (Å²) in [4.78, 5) is 38.4. The van der Waals surface area contributed by atoms with Gasteiger partial charge in [-0.05, 0) is 73.0 Å². The molecule has 0 saturated carbocycles. The van der Waals surface area contributed by atoms with E-state index in [-0.39, 0.29) is 22.4 Å². The van der Waals surface area contributed by atoms with Crippen LogP contribution in [0.4, 0.5) is 4.39 Å². The largest absolute Gasteiger partial charge is 0.457 e. The smallest absolute Gasteiger partial charge is 0.272 e. The summed E-state index contributed by atoms with van der Waals surface area (Å²) in [6, 6.07) is 12.7. The Balaban J connectivity index is 1.37. The fraction of sp³-hybridized carbons (Fsp3) is 0.323. The average Bonchev–Trinajstić information content (AvgIpc) is 3.36. The van der Waals surface area contributed by atoms with E-state index in [1.165, 1.54) is 24.3 Å². The lowest BCUT2D eigenvalue weighted by atomic mass is 10.1. The molecule has 0 bridgehead atoms. The minimum absolute atomic E-state index is 0.119. The summed E-state index contributed by atoms with van der Waals surface area (Å²) in [5, 5.41) is 3.64. The number of aryl methyl sites for hydroxylation is 1. The van der Waals surface area contributed by atoms with Crippen molar-refractivity contribution < 1.29 is 9.13 Å². The fourth-order valence-electron chi connectivity index (χ4n) is 5.03. The van der Waals surface area contributed by atoms with Gasteiger partial charge in [-0.3, -0.25) is 9.59 Å². The monoisotopic (exact) mass is 558 g/mol. The zero-order chi connectivity index (χ0) is 28.8. The van der Waals surface area contributed by atoms with Crippen LogP contribution >= 0.6 is 0 Å². The summed E-state index contributed by atoms with van der Waals surface area (Å²) < 4.78 is 21.1. The molecule has 0 unspecified atom stereocenters. The molecule has 10 heteroatoms. The minimum Gasteiger partial charge on any atom is -0.457 e. The number of piperazine rings is 1. The maximum atomic E-state index is 13.2. The summed E-state index contributed by atoms with van der Waals surface area (Å²) in [5.41, 5.74) is 1.51. The molecule has 2 aromatic carbocycles. The van der Waals surface area contributed by atoms with Gasteiger partial charge in [-0.25, -0.2) is 9.37 Å². The number of halogens is 1. The second-order valence-electron chi connectivity index (χ2n) is 10.5. The van der Waals surface area contributed by atoms with E-state index in [0.717, 1.165) is 51.4 Å². The van der Waals surface area contributed by atoms with Crippen molar-refractivity contribution >= 4 is 12.2 Å². The number of ether oxygens (including phenoxy) is 1. The van der Waals surface area contributed by atoms with Crippen molar-refractivity contribution in [2.45, 2.75) is 32.7 Å². The van der Waals surface area contributed by atoms with Gasteiger partial charge < -0.3 is 29.5 Å². The third kappa shape index (κ3) is 7.27. The Morgan fingerprint density at radius 2 is 1.66 bits per heavy atom. The Morgan fingerprint density at radius 3 is 2.37 bits per heavy atom. The number of aromatic nitrogens is 4. The Morgan fingerprint density at radius 1 is 0.951 bits per heavy atom. The highest BCUT2D eigenvalue weighted by Gasteiger charge is 2.14. The van der Waals surface area contributed by atoms with E-state index in [1.54, 1.807) is 36.4 Å². The van der Waals surface area contributed by atoms with Gasteiger partial charge in [-0.15, -0.1) is 0 Å². The molecule has 0 radical (unpaired) electrons. The standard InChI is InChI=1S/C31H35FN6O3/c1-21(2)29-26(34-20-38(29)14-4-13-37-15-11-33-12-16-37)19-28-31(40)35-27(30(39)36-28)18-22-5-3-6-25(17-22)41-24-9-7-23(32)8-10-24/h3,5-10,17-21,33H,4,11-16H2,1-2H3,(H,35,40)(H,36,39)/b27-18-,28-19-. The van der Waals surface area contributed by atoms with E-state index in [9.17, 15) is 14.0 Å². The van der Waals surface area contributed by atoms with Gasteiger partial charge in [0, 0.05) is 38.4 Å². The maximum absolute atomic E-state index is 13.2. The number of nitrogens with one attached hydrogen (secondary N) is 3. The second kappa shape index (κ2) is 12.9. The molecule has 0 amide bonds. The predicted octanol–water partition coefficient (Wildman–Crippen LogP) is 2.27. The molecular formula is C31H35FN6O3. The molecule has 2 aromatic heterocycles. The number of H-pyrrole nitrogens is 2. The van der Waals surface area contributed by atoms with Crippen LogP contribution in [0.25, 0.3) is 12.2 Å². The third-order valence-corrected chi connectivity index (χ3v) is 7.02. The lowest BCUT2D eigenvalue weighted by Gasteiger charge is -2.27. The summed E-state index contributed by atoms with van der Waals surface area (Å²) in [6.07, 6.45) is 6.04. The van der Waals surface area contributed by atoms with E-state index in [1.807, 2.05) is 6.33 Å². The highest BCUT2D eigenvalue weighted by atomic mass is 19.1. The van der Waals surface area contributed by atoms with Crippen molar-refractivity contribution in [2.75, 3.05) is 32.7 Å². The molecule has 1 aliphatic rings. The van der Waals surface area contributed by atoms with Crippen LogP contribution in [0.3, 0.4) is 0 Å². The Hall–Kier alpha value is -4.28. The first-order valence-electron chi connectivity index (χ1n) is 13.9. The molecule has 0 spiro atoms. The van der Waals surface area contributed by atoms with Crippen molar-refractivity contribution in [1.82, 2.24) is 29.7 Å². The Kier molecular flexibility index (Phi) is 8.91.